The van der Waals surface area contributed by atoms with Gasteiger partial charge in [-0.25, -0.2) is 0 Å². The number of para-hydroxylation sites is 1. The summed E-state index contributed by atoms with van der Waals surface area (Å²) in [6.45, 7) is 0.249. The first-order valence-electron chi connectivity index (χ1n) is 9.08. The van der Waals surface area contributed by atoms with Crippen LogP contribution in [0.4, 0.5) is 5.88 Å². The van der Waals surface area contributed by atoms with Gasteiger partial charge in [0, 0.05) is 22.7 Å². The molecular formula is C22H18ClN3O4. The lowest BCUT2D eigenvalue weighted by Gasteiger charge is -2.09. The molecule has 152 valence electrons. The van der Waals surface area contributed by atoms with Crippen LogP contribution in [0.25, 0.3) is 22.8 Å². The number of furan rings is 1. The van der Waals surface area contributed by atoms with Crippen LogP contribution >= 0.6 is 11.6 Å². The number of nitrogen functional groups attached to an aromatic ring is 1. The molecule has 4 rings (SSSR count). The molecule has 7 nitrogen and oxygen atoms in total. The van der Waals surface area contributed by atoms with Crippen molar-refractivity contribution >= 4 is 23.4 Å². The van der Waals surface area contributed by atoms with Crippen molar-refractivity contribution in [3.8, 4) is 28.5 Å². The van der Waals surface area contributed by atoms with Crippen LogP contribution < -0.4 is 15.8 Å². The van der Waals surface area contributed by atoms with E-state index in [0.29, 0.717) is 22.3 Å². The van der Waals surface area contributed by atoms with E-state index in [1.807, 2.05) is 36.4 Å². The maximum Gasteiger partial charge on any atom is 0.259 e. The van der Waals surface area contributed by atoms with Crippen molar-refractivity contribution in [3.05, 3.63) is 76.8 Å². The number of hydrogen-bond donors (Lipinski definition) is 2. The Bertz CT molecular complexity index is 1200. The molecule has 0 aliphatic carbocycles. The van der Waals surface area contributed by atoms with Crippen LogP contribution in [0.5, 0.6) is 5.75 Å². The van der Waals surface area contributed by atoms with Crippen molar-refractivity contribution < 1.29 is 18.5 Å². The molecule has 8 heteroatoms. The fourth-order valence-corrected chi connectivity index (χ4v) is 3.26. The summed E-state index contributed by atoms with van der Waals surface area (Å²) in [4.78, 5) is 12.8. The molecule has 4 aromatic rings. The lowest BCUT2D eigenvalue weighted by atomic mass is 10.1. The highest BCUT2D eigenvalue weighted by Crippen LogP contribution is 2.33. The van der Waals surface area contributed by atoms with E-state index < -0.39 is 5.91 Å². The molecule has 0 saturated carbocycles. The van der Waals surface area contributed by atoms with Crippen LogP contribution in [0.3, 0.4) is 0 Å². The monoisotopic (exact) mass is 423 g/mol. The number of carbonyl (C=O) groups is 1. The molecule has 0 aliphatic heterocycles. The van der Waals surface area contributed by atoms with Gasteiger partial charge in [-0.15, -0.1) is 0 Å². The third-order valence-electron chi connectivity index (χ3n) is 4.53. The summed E-state index contributed by atoms with van der Waals surface area (Å²) in [6, 6.07) is 18.1. The van der Waals surface area contributed by atoms with Crippen molar-refractivity contribution in [2.75, 3.05) is 12.8 Å². The number of benzene rings is 2. The first-order chi connectivity index (χ1) is 14.6. The number of nitrogens with one attached hydrogen (secondary N) is 1. The quantitative estimate of drug-likeness (QED) is 0.462. The van der Waals surface area contributed by atoms with Gasteiger partial charge < -0.3 is 24.7 Å². The molecule has 0 bridgehead atoms. The molecule has 0 fully saturated rings. The zero-order valence-electron chi connectivity index (χ0n) is 16.0. The van der Waals surface area contributed by atoms with Gasteiger partial charge >= 0.3 is 0 Å². The van der Waals surface area contributed by atoms with Crippen LogP contribution in [0.2, 0.25) is 5.02 Å². The fourth-order valence-electron chi connectivity index (χ4n) is 3.07. The molecule has 0 aliphatic rings. The van der Waals surface area contributed by atoms with Crippen molar-refractivity contribution in [3.63, 3.8) is 0 Å². The van der Waals surface area contributed by atoms with E-state index >= 15 is 0 Å². The minimum Gasteiger partial charge on any atom is -0.496 e. The average Bonchev–Trinajstić information content (AvgIpc) is 3.39. The lowest BCUT2D eigenvalue weighted by molar-refractivity contribution is 0.0951. The predicted molar refractivity (Wildman–Crippen MR) is 113 cm³/mol. The second kappa shape index (κ2) is 8.34. The second-order valence-electron chi connectivity index (χ2n) is 6.44. The van der Waals surface area contributed by atoms with Crippen molar-refractivity contribution in [2.24, 2.45) is 0 Å². The minimum absolute atomic E-state index is 0.0942. The van der Waals surface area contributed by atoms with Gasteiger partial charge in [-0.05, 0) is 30.3 Å². The van der Waals surface area contributed by atoms with Crippen molar-refractivity contribution in [2.45, 2.75) is 6.54 Å². The average molecular weight is 424 g/mol. The number of rotatable bonds is 6. The van der Waals surface area contributed by atoms with E-state index in [-0.39, 0.29) is 23.7 Å². The molecule has 2 aromatic carbocycles. The highest BCUT2D eigenvalue weighted by atomic mass is 35.5. The van der Waals surface area contributed by atoms with E-state index in [2.05, 4.69) is 10.5 Å². The molecule has 1 amide bonds. The normalized spacial score (nSPS) is 10.7. The van der Waals surface area contributed by atoms with E-state index in [0.717, 1.165) is 11.1 Å². The summed E-state index contributed by atoms with van der Waals surface area (Å²) < 4.78 is 16.2. The fraction of sp³-hybridized carbons (Fsp3) is 0.0909. The zero-order chi connectivity index (χ0) is 21.1. The van der Waals surface area contributed by atoms with Crippen LogP contribution in [0.1, 0.15) is 15.9 Å². The standard InChI is InChI=1S/C22H18ClN3O4/c1-28-16-8-3-2-5-14(16)12-25-22(27)19-20(26-30-21(19)24)18-10-9-17(29-18)13-6-4-7-15(23)11-13/h2-11H,12,24H2,1H3,(H,25,27). The summed E-state index contributed by atoms with van der Waals surface area (Å²) in [6.07, 6.45) is 0. The van der Waals surface area contributed by atoms with Gasteiger partial charge in [0.05, 0.1) is 7.11 Å². The molecule has 0 saturated heterocycles. The van der Waals surface area contributed by atoms with Gasteiger partial charge in [0.1, 0.15) is 17.1 Å². The summed E-state index contributed by atoms with van der Waals surface area (Å²) in [7, 11) is 1.57. The first kappa shape index (κ1) is 19.6. The maximum atomic E-state index is 12.8. The molecule has 0 atom stereocenters. The van der Waals surface area contributed by atoms with Gasteiger partial charge in [0.2, 0.25) is 5.88 Å². The van der Waals surface area contributed by atoms with Crippen molar-refractivity contribution in [1.82, 2.24) is 10.5 Å². The Morgan fingerprint density at radius 2 is 1.93 bits per heavy atom. The van der Waals surface area contributed by atoms with E-state index in [1.54, 1.807) is 31.4 Å². The zero-order valence-corrected chi connectivity index (χ0v) is 16.8. The Kier molecular flexibility index (Phi) is 5.45. The number of aromatic nitrogens is 1. The molecular weight excluding hydrogens is 406 g/mol. The molecule has 2 aromatic heterocycles. The highest BCUT2D eigenvalue weighted by molar-refractivity contribution is 6.30. The third-order valence-corrected chi connectivity index (χ3v) is 4.76. The van der Waals surface area contributed by atoms with Gasteiger partial charge in [-0.3, -0.25) is 4.79 Å². The Morgan fingerprint density at radius 3 is 2.73 bits per heavy atom. The van der Waals surface area contributed by atoms with Gasteiger partial charge in [-0.1, -0.05) is 47.1 Å². The number of anilines is 1. The number of hydrogen-bond acceptors (Lipinski definition) is 6. The van der Waals surface area contributed by atoms with E-state index in [9.17, 15) is 4.79 Å². The number of amides is 1. The van der Waals surface area contributed by atoms with Gasteiger partial charge in [-0.2, -0.15) is 0 Å². The van der Waals surface area contributed by atoms with Gasteiger partial charge in [0.25, 0.3) is 5.91 Å². The summed E-state index contributed by atoms with van der Waals surface area (Å²) in [5.41, 5.74) is 7.82. The molecule has 0 unspecified atom stereocenters. The number of carbonyl (C=O) groups excluding carboxylic acids is 1. The largest absolute Gasteiger partial charge is 0.496 e. The lowest BCUT2D eigenvalue weighted by Crippen LogP contribution is -2.24. The number of halogens is 1. The molecule has 30 heavy (non-hydrogen) atoms. The number of ether oxygens (including phenoxy) is 1. The van der Waals surface area contributed by atoms with Gasteiger partial charge in [0.15, 0.2) is 11.5 Å². The number of methoxy groups -OCH3 is 1. The maximum absolute atomic E-state index is 12.8. The second-order valence-corrected chi connectivity index (χ2v) is 6.88. The smallest absolute Gasteiger partial charge is 0.259 e. The first-order valence-corrected chi connectivity index (χ1v) is 9.46. The molecule has 3 N–H and O–H groups in total. The van der Waals surface area contributed by atoms with Crippen LogP contribution in [0, 0.1) is 0 Å². The topological polar surface area (TPSA) is 104 Å². The van der Waals surface area contributed by atoms with Crippen LogP contribution in [0.15, 0.2) is 69.6 Å². The summed E-state index contributed by atoms with van der Waals surface area (Å²) >= 11 is 6.05. The third kappa shape index (κ3) is 3.88. The Balaban J connectivity index is 1.58. The minimum atomic E-state index is -0.435. The van der Waals surface area contributed by atoms with Crippen LogP contribution in [-0.4, -0.2) is 18.2 Å². The number of nitrogens with two attached hydrogens (primary N) is 1. The Morgan fingerprint density at radius 1 is 1.13 bits per heavy atom. The highest BCUT2D eigenvalue weighted by Gasteiger charge is 2.25. The SMILES string of the molecule is COc1ccccc1CNC(=O)c1c(-c2ccc(-c3cccc(Cl)c3)o2)noc1N. The van der Waals surface area contributed by atoms with Crippen LogP contribution in [-0.2, 0) is 6.54 Å². The number of nitrogens with zero attached hydrogens (tertiary/aromatic N) is 1. The van der Waals surface area contributed by atoms with Crippen molar-refractivity contribution in [1.29, 1.82) is 0 Å². The van der Waals surface area contributed by atoms with E-state index in [1.165, 1.54) is 0 Å². The Labute approximate surface area is 177 Å². The summed E-state index contributed by atoms with van der Waals surface area (Å²) in [5, 5.41) is 7.32. The molecule has 2 heterocycles. The predicted octanol–water partition coefficient (Wildman–Crippen LogP) is 4.78. The van der Waals surface area contributed by atoms with E-state index in [4.69, 9.17) is 31.0 Å². The molecule has 0 spiro atoms. The molecule has 0 radical (unpaired) electrons. The Hall–Kier alpha value is -3.71. The summed E-state index contributed by atoms with van der Waals surface area (Å²) in [5.74, 6) is 1.08.